The molecule has 0 N–H and O–H groups in total. The summed E-state index contributed by atoms with van der Waals surface area (Å²) in [6.45, 7) is 2.80. The largest absolute Gasteiger partial charge is 0.465 e. The lowest BCUT2D eigenvalue weighted by atomic mass is 9.69. The Labute approximate surface area is 73.0 Å². The molecule has 3 nitrogen and oxygen atoms in total. The van der Waals surface area contributed by atoms with Crippen LogP contribution >= 0.6 is 0 Å². The van der Waals surface area contributed by atoms with Crippen molar-refractivity contribution in [1.29, 1.82) is 0 Å². The second kappa shape index (κ2) is 3.90. The summed E-state index contributed by atoms with van der Waals surface area (Å²) in [5.74, 6) is -0.0851. The van der Waals surface area contributed by atoms with Gasteiger partial charge in [0.15, 0.2) is 0 Å². The number of hydrogen-bond donors (Lipinski definition) is 0. The summed E-state index contributed by atoms with van der Waals surface area (Å²) in [6.07, 6.45) is 2.95. The molecule has 0 heterocycles. The predicted molar refractivity (Wildman–Crippen MR) is 44.8 cm³/mol. The molecule has 0 saturated heterocycles. The molecular weight excluding hydrogens is 156 g/mol. The van der Waals surface area contributed by atoms with E-state index >= 15 is 0 Å². The molecule has 0 aliphatic heterocycles. The lowest BCUT2D eigenvalue weighted by molar-refractivity contribution is -0.165. The Morgan fingerprint density at radius 3 is 2.50 bits per heavy atom. The molecule has 1 rings (SSSR count). The van der Waals surface area contributed by atoms with Crippen molar-refractivity contribution in [3.63, 3.8) is 0 Å². The normalized spacial score (nSPS) is 19.8. The van der Waals surface area contributed by atoms with Crippen LogP contribution in [0, 0.1) is 5.41 Å². The molecule has 1 aliphatic carbocycles. The van der Waals surface area contributed by atoms with Gasteiger partial charge in [-0.15, -0.1) is 0 Å². The molecular formula is C9H16O3. The topological polar surface area (TPSA) is 35.5 Å². The zero-order valence-electron chi connectivity index (χ0n) is 7.76. The average Bonchev–Trinajstić information content (AvgIpc) is 1.97. The Hall–Kier alpha value is -0.570. The molecule has 70 valence electrons. The first kappa shape index (κ1) is 9.52. The first-order chi connectivity index (χ1) is 5.75. The van der Waals surface area contributed by atoms with Crippen molar-refractivity contribution in [2.75, 3.05) is 20.3 Å². The third kappa shape index (κ3) is 1.61. The first-order valence-corrected chi connectivity index (χ1v) is 4.41. The van der Waals surface area contributed by atoms with E-state index in [0.717, 1.165) is 19.3 Å². The van der Waals surface area contributed by atoms with E-state index in [4.69, 9.17) is 9.47 Å². The van der Waals surface area contributed by atoms with Crippen LogP contribution in [0.3, 0.4) is 0 Å². The van der Waals surface area contributed by atoms with Crippen molar-refractivity contribution in [1.82, 2.24) is 0 Å². The van der Waals surface area contributed by atoms with E-state index in [-0.39, 0.29) is 11.4 Å². The summed E-state index contributed by atoms with van der Waals surface area (Å²) < 4.78 is 10.00. The molecule has 0 aromatic heterocycles. The van der Waals surface area contributed by atoms with Crippen molar-refractivity contribution in [2.45, 2.75) is 26.2 Å². The second-order valence-corrected chi connectivity index (χ2v) is 3.29. The van der Waals surface area contributed by atoms with Gasteiger partial charge in [0.05, 0.1) is 18.6 Å². The van der Waals surface area contributed by atoms with E-state index in [2.05, 4.69) is 0 Å². The molecule has 1 aliphatic rings. The maximum absolute atomic E-state index is 11.4. The van der Waals surface area contributed by atoms with Gasteiger partial charge in [0.25, 0.3) is 0 Å². The van der Waals surface area contributed by atoms with Crippen LogP contribution in [0.25, 0.3) is 0 Å². The minimum Gasteiger partial charge on any atom is -0.465 e. The Kier molecular flexibility index (Phi) is 3.09. The van der Waals surface area contributed by atoms with Crippen molar-refractivity contribution < 1.29 is 14.3 Å². The third-order valence-electron chi connectivity index (χ3n) is 2.44. The van der Waals surface area contributed by atoms with Gasteiger partial charge in [-0.1, -0.05) is 6.42 Å². The monoisotopic (exact) mass is 172 g/mol. The molecule has 0 spiro atoms. The number of hydrogen-bond acceptors (Lipinski definition) is 3. The molecule has 0 amide bonds. The summed E-state index contributed by atoms with van der Waals surface area (Å²) in [5, 5.41) is 0. The molecule has 0 radical (unpaired) electrons. The minimum atomic E-state index is -0.301. The van der Waals surface area contributed by atoms with E-state index in [1.165, 1.54) is 0 Å². The van der Waals surface area contributed by atoms with Gasteiger partial charge in [0.1, 0.15) is 0 Å². The molecule has 3 heteroatoms. The van der Waals surface area contributed by atoms with Crippen LogP contribution in [0.2, 0.25) is 0 Å². The Morgan fingerprint density at radius 1 is 1.50 bits per heavy atom. The molecule has 0 unspecified atom stereocenters. The van der Waals surface area contributed by atoms with E-state index in [1.807, 2.05) is 6.92 Å². The van der Waals surface area contributed by atoms with Gasteiger partial charge in [-0.2, -0.15) is 0 Å². The number of esters is 1. The van der Waals surface area contributed by atoms with E-state index in [0.29, 0.717) is 13.2 Å². The maximum atomic E-state index is 11.4. The van der Waals surface area contributed by atoms with Gasteiger partial charge >= 0.3 is 5.97 Å². The molecule has 0 aromatic carbocycles. The Balaban J connectivity index is 2.47. The fourth-order valence-electron chi connectivity index (χ4n) is 1.57. The summed E-state index contributed by atoms with van der Waals surface area (Å²) >= 11 is 0. The van der Waals surface area contributed by atoms with Crippen LogP contribution in [0.4, 0.5) is 0 Å². The number of carbonyl (C=O) groups excluding carboxylic acids is 1. The summed E-state index contributed by atoms with van der Waals surface area (Å²) in [5.41, 5.74) is -0.301. The SMILES string of the molecule is CCOC(=O)C1(COC)CCC1. The second-order valence-electron chi connectivity index (χ2n) is 3.29. The lowest BCUT2D eigenvalue weighted by Crippen LogP contribution is -2.43. The van der Waals surface area contributed by atoms with Gasteiger partial charge in [-0.25, -0.2) is 0 Å². The number of ether oxygens (including phenoxy) is 2. The number of carbonyl (C=O) groups is 1. The maximum Gasteiger partial charge on any atom is 0.314 e. The fraction of sp³-hybridized carbons (Fsp3) is 0.889. The highest BCUT2D eigenvalue weighted by Crippen LogP contribution is 2.42. The van der Waals surface area contributed by atoms with Crippen LogP contribution in [-0.2, 0) is 14.3 Å². The fourth-order valence-corrected chi connectivity index (χ4v) is 1.57. The lowest BCUT2D eigenvalue weighted by Gasteiger charge is -2.38. The minimum absolute atomic E-state index is 0.0851. The molecule has 1 fully saturated rings. The quantitative estimate of drug-likeness (QED) is 0.601. The third-order valence-corrected chi connectivity index (χ3v) is 2.44. The summed E-state index contributed by atoms with van der Waals surface area (Å²) in [7, 11) is 1.62. The highest BCUT2D eigenvalue weighted by atomic mass is 16.5. The Bertz CT molecular complexity index is 161. The van der Waals surface area contributed by atoms with Crippen LogP contribution in [0.15, 0.2) is 0 Å². The summed E-state index contributed by atoms with van der Waals surface area (Å²) in [4.78, 5) is 11.4. The molecule has 12 heavy (non-hydrogen) atoms. The molecule has 0 bridgehead atoms. The van der Waals surface area contributed by atoms with Crippen LogP contribution in [0.1, 0.15) is 26.2 Å². The van der Waals surface area contributed by atoms with Crippen molar-refractivity contribution in [3.8, 4) is 0 Å². The predicted octanol–water partition coefficient (Wildman–Crippen LogP) is 1.37. The summed E-state index contributed by atoms with van der Waals surface area (Å²) in [6, 6.07) is 0. The van der Waals surface area contributed by atoms with Gasteiger partial charge in [-0.3, -0.25) is 4.79 Å². The average molecular weight is 172 g/mol. The van der Waals surface area contributed by atoms with Gasteiger partial charge in [-0.05, 0) is 19.8 Å². The standard InChI is InChI=1S/C9H16O3/c1-3-12-8(10)9(7-11-2)5-4-6-9/h3-7H2,1-2H3. The van der Waals surface area contributed by atoms with Crippen molar-refractivity contribution >= 4 is 5.97 Å². The van der Waals surface area contributed by atoms with E-state index in [1.54, 1.807) is 7.11 Å². The highest BCUT2D eigenvalue weighted by molar-refractivity contribution is 5.78. The van der Waals surface area contributed by atoms with Gasteiger partial charge in [0, 0.05) is 7.11 Å². The van der Waals surface area contributed by atoms with Gasteiger partial charge in [0.2, 0.25) is 0 Å². The first-order valence-electron chi connectivity index (χ1n) is 4.41. The van der Waals surface area contributed by atoms with E-state index in [9.17, 15) is 4.79 Å². The van der Waals surface area contributed by atoms with Crippen molar-refractivity contribution in [3.05, 3.63) is 0 Å². The molecule has 1 saturated carbocycles. The van der Waals surface area contributed by atoms with Crippen molar-refractivity contribution in [2.24, 2.45) is 5.41 Å². The number of rotatable bonds is 4. The molecule has 0 aromatic rings. The van der Waals surface area contributed by atoms with Crippen LogP contribution in [0.5, 0.6) is 0 Å². The van der Waals surface area contributed by atoms with E-state index < -0.39 is 0 Å². The highest BCUT2D eigenvalue weighted by Gasteiger charge is 2.45. The van der Waals surface area contributed by atoms with Crippen LogP contribution < -0.4 is 0 Å². The Morgan fingerprint density at radius 2 is 2.17 bits per heavy atom. The smallest absolute Gasteiger partial charge is 0.314 e. The van der Waals surface area contributed by atoms with Crippen LogP contribution in [-0.4, -0.2) is 26.3 Å². The zero-order chi connectivity index (χ0) is 9.03. The van der Waals surface area contributed by atoms with Gasteiger partial charge < -0.3 is 9.47 Å². The molecule has 0 atom stereocenters. The number of methoxy groups -OCH3 is 1. The zero-order valence-corrected chi connectivity index (χ0v) is 7.76.